The number of hydrogen-bond acceptors (Lipinski definition) is 6. The van der Waals surface area contributed by atoms with Crippen molar-refractivity contribution in [3.63, 3.8) is 0 Å². The summed E-state index contributed by atoms with van der Waals surface area (Å²) in [5, 5.41) is 0.801. The molecule has 2 heterocycles. The van der Waals surface area contributed by atoms with Gasteiger partial charge in [0.15, 0.2) is 0 Å². The number of nitrogens with one attached hydrogen (secondary N) is 1. The van der Waals surface area contributed by atoms with Gasteiger partial charge in [-0.25, -0.2) is 19.3 Å². The second-order valence-corrected chi connectivity index (χ2v) is 6.88. The molecule has 0 fully saturated rings. The Morgan fingerprint density at radius 1 is 1.07 bits per heavy atom. The van der Waals surface area contributed by atoms with E-state index in [1.807, 2.05) is 19.1 Å². The number of nitrogens with zero attached hydrogens (tertiary/aromatic N) is 3. The molecular weight excluding hydrogens is 365 g/mol. The number of nitrogen functional groups attached to an aromatic ring is 1. The largest absolute Gasteiger partial charge is 0.457 e. The van der Waals surface area contributed by atoms with Crippen molar-refractivity contribution in [2.24, 2.45) is 0 Å². The lowest BCUT2D eigenvalue weighted by Gasteiger charge is -2.05. The summed E-state index contributed by atoms with van der Waals surface area (Å²) in [6.07, 6.45) is 0. The molecule has 0 spiro atoms. The summed E-state index contributed by atoms with van der Waals surface area (Å²) >= 11 is 1.53. The normalized spacial score (nSPS) is 11.0. The predicted molar refractivity (Wildman–Crippen MR) is 103 cm³/mol. The van der Waals surface area contributed by atoms with Crippen molar-refractivity contribution in [2.75, 3.05) is 5.73 Å². The van der Waals surface area contributed by atoms with E-state index in [9.17, 15) is 4.39 Å². The van der Waals surface area contributed by atoms with Gasteiger partial charge in [0.1, 0.15) is 39.8 Å². The van der Waals surface area contributed by atoms with E-state index in [4.69, 9.17) is 10.5 Å². The van der Waals surface area contributed by atoms with Crippen LogP contribution in [-0.2, 0) is 5.75 Å². The van der Waals surface area contributed by atoms with Crippen LogP contribution < -0.4 is 10.5 Å². The van der Waals surface area contributed by atoms with E-state index in [1.54, 1.807) is 24.3 Å². The van der Waals surface area contributed by atoms with Crippen LogP contribution in [0.2, 0.25) is 0 Å². The molecule has 136 valence electrons. The van der Waals surface area contributed by atoms with Crippen molar-refractivity contribution in [3.05, 3.63) is 66.0 Å². The Morgan fingerprint density at radius 3 is 2.74 bits per heavy atom. The average molecular weight is 381 g/mol. The number of nitrogens with two attached hydrogens (primary N) is 1. The van der Waals surface area contributed by atoms with E-state index in [1.165, 1.54) is 23.9 Å². The minimum Gasteiger partial charge on any atom is -0.457 e. The molecule has 4 rings (SSSR count). The van der Waals surface area contributed by atoms with Crippen molar-refractivity contribution in [2.45, 2.75) is 17.7 Å². The lowest BCUT2D eigenvalue weighted by atomic mass is 10.3. The zero-order chi connectivity index (χ0) is 18.8. The van der Waals surface area contributed by atoms with E-state index in [-0.39, 0.29) is 5.82 Å². The highest BCUT2D eigenvalue weighted by molar-refractivity contribution is 7.98. The molecule has 0 atom stereocenters. The van der Waals surface area contributed by atoms with E-state index < -0.39 is 0 Å². The van der Waals surface area contributed by atoms with Crippen LogP contribution in [-0.4, -0.2) is 19.9 Å². The Labute approximate surface area is 159 Å². The number of aromatic amines is 1. The number of anilines is 1. The molecule has 0 aliphatic rings. The zero-order valence-electron chi connectivity index (χ0n) is 14.4. The number of aromatic nitrogens is 4. The fourth-order valence-electron chi connectivity index (χ4n) is 2.62. The van der Waals surface area contributed by atoms with Crippen LogP contribution in [0, 0.1) is 12.7 Å². The minimum absolute atomic E-state index is 0.338. The third-order valence-corrected chi connectivity index (χ3v) is 4.65. The van der Waals surface area contributed by atoms with Gasteiger partial charge in [-0.15, -0.1) is 0 Å². The summed E-state index contributed by atoms with van der Waals surface area (Å²) < 4.78 is 19.0. The molecule has 0 radical (unpaired) electrons. The zero-order valence-corrected chi connectivity index (χ0v) is 15.3. The number of hydrogen-bond donors (Lipinski definition) is 2. The number of thioether (sulfide) groups is 1. The number of halogens is 1. The number of rotatable bonds is 5. The van der Waals surface area contributed by atoms with Crippen molar-refractivity contribution < 1.29 is 9.13 Å². The second-order valence-electron chi connectivity index (χ2n) is 5.89. The van der Waals surface area contributed by atoms with Crippen molar-refractivity contribution in [1.29, 1.82) is 0 Å². The molecule has 6 nitrogen and oxygen atoms in total. The maximum atomic E-state index is 13.3. The number of benzene rings is 2. The first-order valence-electron chi connectivity index (χ1n) is 8.21. The molecule has 4 aromatic rings. The van der Waals surface area contributed by atoms with Gasteiger partial charge in [0.25, 0.3) is 0 Å². The summed E-state index contributed by atoms with van der Waals surface area (Å²) in [6.45, 7) is 1.81. The van der Waals surface area contributed by atoms with Crippen molar-refractivity contribution in [3.8, 4) is 11.5 Å². The maximum absolute atomic E-state index is 13.3. The third-order valence-electron chi connectivity index (χ3n) is 3.73. The van der Waals surface area contributed by atoms with Crippen LogP contribution in [0.15, 0.2) is 53.6 Å². The van der Waals surface area contributed by atoms with Crippen LogP contribution in [0.25, 0.3) is 11.0 Å². The van der Waals surface area contributed by atoms with Crippen LogP contribution >= 0.6 is 11.8 Å². The molecule has 3 N–H and O–H groups in total. The Hall–Kier alpha value is -3.13. The van der Waals surface area contributed by atoms with Crippen molar-refractivity contribution in [1.82, 2.24) is 19.9 Å². The first-order valence-corrected chi connectivity index (χ1v) is 9.20. The fraction of sp³-hybridized carbons (Fsp3) is 0.105. The molecule has 0 saturated carbocycles. The summed E-state index contributed by atoms with van der Waals surface area (Å²) in [4.78, 5) is 16.3. The molecule has 0 aliphatic carbocycles. The Morgan fingerprint density at radius 2 is 1.93 bits per heavy atom. The molecule has 0 bridgehead atoms. The Bertz CT molecular complexity index is 1090. The first-order chi connectivity index (χ1) is 13.0. The third kappa shape index (κ3) is 4.17. The van der Waals surface area contributed by atoms with Gasteiger partial charge in [-0.2, -0.15) is 0 Å². The Balaban J connectivity index is 1.50. The molecule has 0 aliphatic heterocycles. The van der Waals surface area contributed by atoms with Gasteiger partial charge in [0.2, 0.25) is 0 Å². The quantitative estimate of drug-likeness (QED) is 0.392. The lowest BCUT2D eigenvalue weighted by molar-refractivity contribution is 0.477. The smallest absolute Gasteiger partial charge is 0.130 e. The molecule has 2 aromatic heterocycles. The number of imidazole rings is 1. The van der Waals surface area contributed by atoms with Gasteiger partial charge >= 0.3 is 0 Å². The molecule has 0 amide bonds. The topological polar surface area (TPSA) is 89.7 Å². The van der Waals surface area contributed by atoms with E-state index in [0.29, 0.717) is 28.9 Å². The first kappa shape index (κ1) is 17.3. The molecular formula is C19H16FN5OS. The standard InChI is InChI=1S/C19H16FN5OS/c1-11-22-17(21)9-19(23-11)27-10-18-24-15-6-5-14(8-16(15)25-18)26-13-4-2-3-12(20)7-13/h2-9H,10H2,1H3,(H,24,25)(H2,21,22,23). The average Bonchev–Trinajstić information content (AvgIpc) is 3.01. The predicted octanol–water partition coefficient (Wildman–Crippen LogP) is 4.47. The molecule has 27 heavy (non-hydrogen) atoms. The van der Waals surface area contributed by atoms with Gasteiger partial charge in [0.05, 0.1) is 16.8 Å². The Kier molecular flexibility index (Phi) is 4.64. The van der Waals surface area contributed by atoms with Crippen molar-refractivity contribution >= 4 is 28.6 Å². The van der Waals surface area contributed by atoms with Gasteiger partial charge in [0, 0.05) is 18.2 Å². The van der Waals surface area contributed by atoms with E-state index >= 15 is 0 Å². The fourth-order valence-corrected chi connectivity index (χ4v) is 3.44. The van der Waals surface area contributed by atoms with E-state index in [2.05, 4.69) is 19.9 Å². The molecule has 0 unspecified atom stereocenters. The lowest BCUT2D eigenvalue weighted by Crippen LogP contribution is -1.96. The SMILES string of the molecule is Cc1nc(N)cc(SCc2nc3ccc(Oc4cccc(F)c4)cc3[nH]2)n1. The molecule has 8 heteroatoms. The maximum Gasteiger partial charge on any atom is 0.130 e. The monoisotopic (exact) mass is 381 g/mol. The minimum atomic E-state index is -0.338. The number of ether oxygens (including phenoxy) is 1. The number of aryl methyl sites for hydroxylation is 1. The molecule has 0 saturated heterocycles. The van der Waals surface area contributed by atoms with Gasteiger partial charge in [-0.3, -0.25) is 0 Å². The highest BCUT2D eigenvalue weighted by atomic mass is 32.2. The van der Waals surface area contributed by atoms with Gasteiger partial charge < -0.3 is 15.5 Å². The number of H-pyrrole nitrogens is 1. The highest BCUT2D eigenvalue weighted by Crippen LogP contribution is 2.27. The number of fused-ring (bicyclic) bond motifs is 1. The van der Waals surface area contributed by atoms with Crippen LogP contribution in [0.3, 0.4) is 0 Å². The van der Waals surface area contributed by atoms with Crippen LogP contribution in [0.4, 0.5) is 10.2 Å². The summed E-state index contributed by atoms with van der Waals surface area (Å²) in [5.41, 5.74) is 7.43. The van der Waals surface area contributed by atoms with E-state index in [0.717, 1.165) is 21.9 Å². The summed E-state index contributed by atoms with van der Waals surface area (Å²) in [5.74, 6) is 3.24. The highest BCUT2D eigenvalue weighted by Gasteiger charge is 2.08. The summed E-state index contributed by atoms with van der Waals surface area (Å²) in [7, 11) is 0. The van der Waals surface area contributed by atoms with Crippen LogP contribution in [0.1, 0.15) is 11.6 Å². The molecule has 2 aromatic carbocycles. The summed E-state index contributed by atoms with van der Waals surface area (Å²) in [6, 6.07) is 13.3. The van der Waals surface area contributed by atoms with Crippen LogP contribution in [0.5, 0.6) is 11.5 Å². The van der Waals surface area contributed by atoms with Gasteiger partial charge in [-0.1, -0.05) is 17.8 Å². The van der Waals surface area contributed by atoms with Gasteiger partial charge in [-0.05, 0) is 31.2 Å². The second kappa shape index (κ2) is 7.24.